The number of piperazine rings is 1. The Labute approximate surface area is 166 Å². The normalized spacial score (nSPS) is 17.3. The first kappa shape index (κ1) is 26.0. The third-order valence-electron chi connectivity index (χ3n) is 4.77. The first-order valence-electron chi connectivity index (χ1n) is 10.8. The average molecular weight is 387 g/mol. The maximum Gasteiger partial charge on any atom is 0.224 e. The standard InChI is InChI=1S/C10H20N2O3.C9H16O.C2H6/c1-14-8-9-15-7-2-10(13)12-5-3-11-4-6-12;1-2-9(10)8-6-4-3-5-7-8;1-2/h11H,2-9H2,1H3;8H,2-7H2,1H3;1-2H3. The molecule has 1 aliphatic heterocycles. The molecule has 160 valence electrons. The van der Waals surface area contributed by atoms with Crippen LogP contribution in [0.4, 0.5) is 0 Å². The van der Waals surface area contributed by atoms with Crippen LogP contribution in [0.1, 0.15) is 65.7 Å². The molecule has 0 spiro atoms. The second kappa shape index (κ2) is 18.4. The van der Waals surface area contributed by atoms with Gasteiger partial charge in [-0.2, -0.15) is 0 Å². The minimum absolute atomic E-state index is 0.189. The lowest BCUT2D eigenvalue weighted by molar-refractivity contribution is -0.133. The van der Waals surface area contributed by atoms with E-state index in [1.165, 1.54) is 19.3 Å². The van der Waals surface area contributed by atoms with Crippen LogP contribution in [0.25, 0.3) is 0 Å². The summed E-state index contributed by atoms with van der Waals surface area (Å²) >= 11 is 0. The van der Waals surface area contributed by atoms with Crippen molar-refractivity contribution in [3.63, 3.8) is 0 Å². The summed E-state index contributed by atoms with van der Waals surface area (Å²) in [6.45, 7) is 11.0. The van der Waals surface area contributed by atoms with Gasteiger partial charge in [0.05, 0.1) is 26.2 Å². The van der Waals surface area contributed by atoms with Gasteiger partial charge in [-0.1, -0.05) is 40.0 Å². The largest absolute Gasteiger partial charge is 0.382 e. The number of rotatable bonds is 8. The van der Waals surface area contributed by atoms with Gasteiger partial charge in [0.15, 0.2) is 0 Å². The maximum absolute atomic E-state index is 11.6. The number of ether oxygens (including phenoxy) is 2. The SMILES string of the molecule is CC.CCC(=O)C1CCCCC1.COCCOCCC(=O)N1CCNCC1. The minimum atomic E-state index is 0.189. The van der Waals surface area contributed by atoms with Gasteiger partial charge in [-0.25, -0.2) is 0 Å². The molecule has 0 radical (unpaired) electrons. The number of Topliss-reactive ketones (excluding diaryl/α,β-unsaturated/α-hetero) is 1. The highest BCUT2D eigenvalue weighted by Gasteiger charge is 2.18. The molecule has 1 N–H and O–H groups in total. The van der Waals surface area contributed by atoms with Gasteiger partial charge in [-0.05, 0) is 12.8 Å². The van der Waals surface area contributed by atoms with Crippen LogP contribution in [-0.4, -0.2) is 69.7 Å². The molecule has 2 aliphatic rings. The topological polar surface area (TPSA) is 67.9 Å². The Bertz CT molecular complexity index is 365. The predicted molar refractivity (Wildman–Crippen MR) is 110 cm³/mol. The molecule has 0 unspecified atom stereocenters. The first-order valence-corrected chi connectivity index (χ1v) is 10.8. The monoisotopic (exact) mass is 386 g/mol. The Morgan fingerprint density at radius 1 is 1.00 bits per heavy atom. The second-order valence-electron chi connectivity index (χ2n) is 6.64. The van der Waals surface area contributed by atoms with Gasteiger partial charge in [0.2, 0.25) is 5.91 Å². The van der Waals surface area contributed by atoms with E-state index in [-0.39, 0.29) is 5.91 Å². The summed E-state index contributed by atoms with van der Waals surface area (Å²) in [4.78, 5) is 24.7. The number of nitrogens with one attached hydrogen (secondary N) is 1. The molecule has 0 aromatic carbocycles. The van der Waals surface area contributed by atoms with Gasteiger partial charge in [-0.3, -0.25) is 9.59 Å². The van der Waals surface area contributed by atoms with E-state index in [2.05, 4.69) is 5.32 Å². The van der Waals surface area contributed by atoms with E-state index >= 15 is 0 Å². The van der Waals surface area contributed by atoms with E-state index in [1.54, 1.807) is 7.11 Å². The van der Waals surface area contributed by atoms with E-state index in [0.717, 1.165) is 45.4 Å². The molecule has 1 amide bonds. The first-order chi connectivity index (χ1) is 13.2. The zero-order valence-electron chi connectivity index (χ0n) is 18.1. The van der Waals surface area contributed by atoms with E-state index < -0.39 is 0 Å². The fourth-order valence-corrected chi connectivity index (χ4v) is 3.19. The maximum atomic E-state index is 11.6. The molecule has 1 saturated carbocycles. The van der Waals surface area contributed by atoms with Gasteiger partial charge in [0, 0.05) is 45.6 Å². The van der Waals surface area contributed by atoms with Crippen molar-refractivity contribution in [2.24, 2.45) is 5.92 Å². The fraction of sp³-hybridized carbons (Fsp3) is 0.905. The van der Waals surface area contributed by atoms with Crippen molar-refractivity contribution in [2.45, 2.75) is 65.7 Å². The molecular formula is C21H42N2O4. The molecule has 27 heavy (non-hydrogen) atoms. The van der Waals surface area contributed by atoms with E-state index in [1.807, 2.05) is 25.7 Å². The zero-order chi connectivity index (χ0) is 20.3. The summed E-state index contributed by atoms with van der Waals surface area (Å²) in [6.07, 6.45) is 7.42. The fourth-order valence-electron chi connectivity index (χ4n) is 3.19. The van der Waals surface area contributed by atoms with E-state index in [4.69, 9.17) is 9.47 Å². The lowest BCUT2D eigenvalue weighted by atomic mass is 9.85. The highest BCUT2D eigenvalue weighted by Crippen LogP contribution is 2.24. The second-order valence-corrected chi connectivity index (χ2v) is 6.64. The zero-order valence-corrected chi connectivity index (χ0v) is 18.1. The van der Waals surface area contributed by atoms with Gasteiger partial charge in [0.25, 0.3) is 0 Å². The molecule has 0 atom stereocenters. The molecule has 1 saturated heterocycles. The number of carbonyl (C=O) groups excluding carboxylic acids is 2. The van der Waals surface area contributed by atoms with Gasteiger partial charge in [-0.15, -0.1) is 0 Å². The molecule has 0 bridgehead atoms. The Morgan fingerprint density at radius 2 is 1.63 bits per heavy atom. The molecule has 6 nitrogen and oxygen atoms in total. The molecular weight excluding hydrogens is 344 g/mol. The van der Waals surface area contributed by atoms with E-state index in [9.17, 15) is 9.59 Å². The van der Waals surface area contributed by atoms with Crippen molar-refractivity contribution in [3.8, 4) is 0 Å². The van der Waals surface area contributed by atoms with Crippen molar-refractivity contribution in [1.29, 1.82) is 0 Å². The molecule has 0 aromatic rings. The molecule has 6 heteroatoms. The predicted octanol–water partition coefficient (Wildman–Crippen LogP) is 3.04. The van der Waals surface area contributed by atoms with Gasteiger partial charge < -0.3 is 19.7 Å². The lowest BCUT2D eigenvalue weighted by Gasteiger charge is -2.27. The van der Waals surface area contributed by atoms with Gasteiger partial charge in [0.1, 0.15) is 5.78 Å². The smallest absolute Gasteiger partial charge is 0.224 e. The Balaban J connectivity index is 0.000000488. The number of carbonyl (C=O) groups is 2. The lowest BCUT2D eigenvalue weighted by Crippen LogP contribution is -2.46. The van der Waals surface area contributed by atoms with Crippen molar-refractivity contribution in [3.05, 3.63) is 0 Å². The average Bonchev–Trinajstić information content (AvgIpc) is 2.76. The Kier molecular flexibility index (Phi) is 17.7. The summed E-state index contributed by atoms with van der Waals surface area (Å²) in [6, 6.07) is 0. The van der Waals surface area contributed by atoms with Crippen molar-refractivity contribution >= 4 is 11.7 Å². The number of hydrogen-bond donors (Lipinski definition) is 1. The van der Waals surface area contributed by atoms with Crippen LogP contribution >= 0.6 is 0 Å². The van der Waals surface area contributed by atoms with E-state index in [0.29, 0.717) is 37.9 Å². The number of ketones is 1. The van der Waals surface area contributed by atoms with Crippen LogP contribution in [0.15, 0.2) is 0 Å². The van der Waals surface area contributed by atoms with Crippen LogP contribution < -0.4 is 5.32 Å². The van der Waals surface area contributed by atoms with Crippen molar-refractivity contribution < 1.29 is 19.1 Å². The molecule has 1 aliphatic carbocycles. The summed E-state index contributed by atoms with van der Waals surface area (Å²) < 4.78 is 10.1. The van der Waals surface area contributed by atoms with Crippen molar-refractivity contribution in [2.75, 3.05) is 53.1 Å². The molecule has 2 rings (SSSR count). The van der Waals surface area contributed by atoms with Crippen LogP contribution in [0.2, 0.25) is 0 Å². The van der Waals surface area contributed by atoms with Gasteiger partial charge >= 0.3 is 0 Å². The number of nitrogens with zero attached hydrogens (tertiary/aromatic N) is 1. The van der Waals surface area contributed by atoms with Crippen LogP contribution in [0.3, 0.4) is 0 Å². The molecule has 0 aromatic heterocycles. The molecule has 1 heterocycles. The highest BCUT2D eigenvalue weighted by atomic mass is 16.5. The third kappa shape index (κ3) is 12.9. The molecule has 2 fully saturated rings. The van der Waals surface area contributed by atoms with Crippen LogP contribution in [-0.2, 0) is 19.1 Å². The Morgan fingerprint density at radius 3 is 2.19 bits per heavy atom. The number of methoxy groups -OCH3 is 1. The minimum Gasteiger partial charge on any atom is -0.382 e. The summed E-state index contributed by atoms with van der Waals surface area (Å²) in [5.74, 6) is 1.10. The summed E-state index contributed by atoms with van der Waals surface area (Å²) in [7, 11) is 1.63. The summed E-state index contributed by atoms with van der Waals surface area (Å²) in [5, 5.41) is 3.21. The quantitative estimate of drug-likeness (QED) is 0.650. The Hall–Kier alpha value is -0.980. The van der Waals surface area contributed by atoms with Crippen LogP contribution in [0.5, 0.6) is 0 Å². The summed E-state index contributed by atoms with van der Waals surface area (Å²) in [5.41, 5.74) is 0. The third-order valence-corrected chi connectivity index (χ3v) is 4.77. The van der Waals surface area contributed by atoms with Crippen LogP contribution in [0, 0.1) is 5.92 Å². The highest BCUT2D eigenvalue weighted by molar-refractivity contribution is 5.80. The number of hydrogen-bond acceptors (Lipinski definition) is 5. The van der Waals surface area contributed by atoms with Crippen molar-refractivity contribution in [1.82, 2.24) is 10.2 Å². The number of amides is 1.